The van der Waals surface area contributed by atoms with Crippen molar-refractivity contribution < 1.29 is 27.5 Å². The van der Waals surface area contributed by atoms with Gasteiger partial charge in [-0.3, -0.25) is 4.79 Å². The minimum absolute atomic E-state index is 0.200. The van der Waals surface area contributed by atoms with E-state index in [9.17, 15) is 18.0 Å². The maximum Gasteiger partial charge on any atom is 0.337 e. The van der Waals surface area contributed by atoms with Crippen molar-refractivity contribution in [1.82, 2.24) is 8.87 Å². The van der Waals surface area contributed by atoms with Gasteiger partial charge in [0.25, 0.3) is 5.91 Å². The maximum atomic E-state index is 12.9. The fraction of sp³-hybridized carbons (Fsp3) is 0.348. The molecule has 1 aliphatic rings. The van der Waals surface area contributed by atoms with Crippen molar-refractivity contribution >= 4 is 43.5 Å². The number of hydrogen-bond donors (Lipinski definition) is 0. The third kappa shape index (κ3) is 4.63. The Balaban J connectivity index is 1.48. The van der Waals surface area contributed by atoms with Crippen LogP contribution in [-0.4, -0.2) is 56.5 Å². The van der Waals surface area contributed by atoms with E-state index < -0.39 is 16.0 Å². The first-order valence-corrected chi connectivity index (χ1v) is 12.9. The van der Waals surface area contributed by atoms with Gasteiger partial charge in [-0.1, -0.05) is 11.3 Å². The van der Waals surface area contributed by atoms with Gasteiger partial charge in [0, 0.05) is 26.1 Å². The number of aryl methyl sites for hydroxylation is 1. The van der Waals surface area contributed by atoms with Crippen molar-refractivity contribution in [2.75, 3.05) is 27.3 Å². The smallest absolute Gasteiger partial charge is 0.337 e. The van der Waals surface area contributed by atoms with Crippen molar-refractivity contribution in [2.45, 2.75) is 17.7 Å². The van der Waals surface area contributed by atoms with Gasteiger partial charge in [-0.2, -0.15) is 9.30 Å². The number of piperidine rings is 1. The van der Waals surface area contributed by atoms with Crippen molar-refractivity contribution in [3.8, 4) is 5.75 Å². The van der Waals surface area contributed by atoms with Crippen LogP contribution >= 0.6 is 11.3 Å². The number of sulfonamides is 1. The zero-order chi connectivity index (χ0) is 24.5. The normalized spacial score (nSPS) is 16.0. The van der Waals surface area contributed by atoms with Gasteiger partial charge >= 0.3 is 5.97 Å². The Labute approximate surface area is 201 Å². The van der Waals surface area contributed by atoms with Gasteiger partial charge < -0.3 is 14.0 Å². The molecular formula is C23H25N3O6S2. The Kier molecular flexibility index (Phi) is 6.87. The molecule has 4 rings (SSSR count). The predicted molar refractivity (Wildman–Crippen MR) is 127 cm³/mol. The second-order valence-electron chi connectivity index (χ2n) is 7.92. The minimum Gasteiger partial charge on any atom is -0.497 e. The first kappa shape index (κ1) is 24.1. The Morgan fingerprint density at radius 3 is 2.35 bits per heavy atom. The molecule has 2 aromatic carbocycles. The number of carbonyl (C=O) groups excluding carboxylic acids is 2. The Hall–Kier alpha value is -3.02. The summed E-state index contributed by atoms with van der Waals surface area (Å²) < 4.78 is 39.8. The number of nitrogens with zero attached hydrogens (tertiary/aromatic N) is 3. The predicted octanol–water partition coefficient (Wildman–Crippen LogP) is 2.56. The summed E-state index contributed by atoms with van der Waals surface area (Å²) >= 11 is 1.31. The number of amides is 1. The van der Waals surface area contributed by atoms with E-state index in [2.05, 4.69) is 4.99 Å². The van der Waals surface area contributed by atoms with Gasteiger partial charge in [0.05, 0.1) is 34.9 Å². The molecule has 0 N–H and O–H groups in total. The molecule has 11 heteroatoms. The molecule has 3 aromatic rings. The topological polar surface area (TPSA) is 107 Å². The number of ether oxygens (including phenoxy) is 2. The van der Waals surface area contributed by atoms with E-state index in [1.54, 1.807) is 30.3 Å². The van der Waals surface area contributed by atoms with Crippen LogP contribution in [0.15, 0.2) is 52.4 Å². The number of thiazole rings is 1. The molecule has 0 radical (unpaired) electrons. The highest BCUT2D eigenvalue weighted by Gasteiger charge is 2.32. The van der Waals surface area contributed by atoms with E-state index in [0.29, 0.717) is 29.0 Å². The Morgan fingerprint density at radius 1 is 1.06 bits per heavy atom. The van der Waals surface area contributed by atoms with Crippen LogP contribution in [0.25, 0.3) is 10.2 Å². The van der Waals surface area contributed by atoms with Crippen LogP contribution in [0.4, 0.5) is 0 Å². The number of rotatable bonds is 5. The number of carbonyl (C=O) groups is 2. The van der Waals surface area contributed by atoms with Crippen LogP contribution in [0.2, 0.25) is 0 Å². The largest absolute Gasteiger partial charge is 0.497 e. The van der Waals surface area contributed by atoms with E-state index in [1.165, 1.54) is 42.0 Å². The SMILES string of the molecule is COC(=O)c1ccc2c(c1)sc(=NC(=O)C1CCN(S(=O)(=O)c3ccc(OC)cc3)CC1)n2C. The highest BCUT2D eigenvalue weighted by atomic mass is 32.2. The Bertz CT molecular complexity index is 1400. The molecule has 2 heterocycles. The molecule has 0 bridgehead atoms. The second-order valence-corrected chi connectivity index (χ2v) is 10.9. The summed E-state index contributed by atoms with van der Waals surface area (Å²) in [6.45, 7) is 0.503. The lowest BCUT2D eigenvalue weighted by Gasteiger charge is -2.29. The minimum atomic E-state index is -3.64. The fourth-order valence-electron chi connectivity index (χ4n) is 3.91. The molecule has 180 valence electrons. The third-order valence-electron chi connectivity index (χ3n) is 5.94. The lowest BCUT2D eigenvalue weighted by Crippen LogP contribution is -2.40. The van der Waals surface area contributed by atoms with Crippen molar-refractivity contribution in [1.29, 1.82) is 0 Å². The lowest BCUT2D eigenvalue weighted by molar-refractivity contribution is -0.122. The molecule has 9 nitrogen and oxygen atoms in total. The third-order valence-corrected chi connectivity index (χ3v) is 8.94. The van der Waals surface area contributed by atoms with Crippen LogP contribution in [-0.2, 0) is 26.6 Å². The number of aromatic nitrogens is 1. The monoisotopic (exact) mass is 503 g/mol. The first-order valence-electron chi connectivity index (χ1n) is 10.6. The number of methoxy groups -OCH3 is 2. The fourth-order valence-corrected chi connectivity index (χ4v) is 6.44. The molecule has 1 fully saturated rings. The summed E-state index contributed by atoms with van der Waals surface area (Å²) in [7, 11) is 1.03. The molecular weight excluding hydrogens is 478 g/mol. The molecule has 1 saturated heterocycles. The molecule has 1 amide bonds. The van der Waals surface area contributed by atoms with Crippen molar-refractivity contribution in [3.05, 3.63) is 52.8 Å². The molecule has 0 aliphatic carbocycles. The summed E-state index contributed by atoms with van der Waals surface area (Å²) in [5.74, 6) is -0.459. The van der Waals surface area contributed by atoms with Gasteiger partial charge in [-0.05, 0) is 55.3 Å². The molecule has 34 heavy (non-hydrogen) atoms. The molecule has 0 unspecified atom stereocenters. The molecule has 0 atom stereocenters. The number of esters is 1. The van der Waals surface area contributed by atoms with E-state index in [0.717, 1.165) is 10.2 Å². The van der Waals surface area contributed by atoms with Crippen LogP contribution in [0.5, 0.6) is 5.75 Å². The summed E-state index contributed by atoms with van der Waals surface area (Å²) in [4.78, 5) is 29.7. The zero-order valence-electron chi connectivity index (χ0n) is 19.1. The van der Waals surface area contributed by atoms with Crippen LogP contribution in [0, 0.1) is 5.92 Å². The second kappa shape index (κ2) is 9.69. The average Bonchev–Trinajstić information content (AvgIpc) is 3.17. The van der Waals surface area contributed by atoms with Gasteiger partial charge in [0.15, 0.2) is 4.80 Å². The van der Waals surface area contributed by atoms with Crippen LogP contribution < -0.4 is 9.54 Å². The van der Waals surface area contributed by atoms with E-state index >= 15 is 0 Å². The summed E-state index contributed by atoms with van der Waals surface area (Å²) in [5.41, 5.74) is 1.28. The van der Waals surface area contributed by atoms with Crippen LogP contribution in [0.1, 0.15) is 23.2 Å². The summed E-state index contributed by atoms with van der Waals surface area (Å²) in [6.07, 6.45) is 0.803. The van der Waals surface area contributed by atoms with Gasteiger partial charge in [-0.25, -0.2) is 13.2 Å². The van der Waals surface area contributed by atoms with Crippen molar-refractivity contribution in [3.63, 3.8) is 0 Å². The van der Waals surface area contributed by atoms with Crippen molar-refractivity contribution in [2.24, 2.45) is 18.0 Å². The van der Waals surface area contributed by atoms with Gasteiger partial charge in [0.1, 0.15) is 5.75 Å². The first-order chi connectivity index (χ1) is 16.2. The summed E-state index contributed by atoms with van der Waals surface area (Å²) in [5, 5.41) is 0. The van der Waals surface area contributed by atoms with Gasteiger partial charge in [0.2, 0.25) is 10.0 Å². The quantitative estimate of drug-likeness (QED) is 0.496. The maximum absolute atomic E-state index is 12.9. The van der Waals surface area contributed by atoms with Crippen LogP contribution in [0.3, 0.4) is 0 Å². The molecule has 1 aromatic heterocycles. The number of hydrogen-bond acceptors (Lipinski definition) is 7. The highest BCUT2D eigenvalue weighted by molar-refractivity contribution is 7.89. The van der Waals surface area contributed by atoms with E-state index in [-0.39, 0.29) is 29.8 Å². The molecule has 0 spiro atoms. The molecule has 1 aliphatic heterocycles. The summed E-state index contributed by atoms with van der Waals surface area (Å²) in [6, 6.07) is 11.5. The van der Waals surface area contributed by atoms with E-state index in [1.807, 2.05) is 11.6 Å². The highest BCUT2D eigenvalue weighted by Crippen LogP contribution is 2.26. The Morgan fingerprint density at radius 2 is 1.74 bits per heavy atom. The van der Waals surface area contributed by atoms with Gasteiger partial charge in [-0.15, -0.1) is 0 Å². The zero-order valence-corrected chi connectivity index (χ0v) is 20.7. The van der Waals surface area contributed by atoms with E-state index in [4.69, 9.17) is 9.47 Å². The molecule has 0 saturated carbocycles. The number of benzene rings is 2. The lowest BCUT2D eigenvalue weighted by atomic mass is 9.98. The number of fused-ring (bicyclic) bond motifs is 1. The standard InChI is InChI=1S/C23H25N3O6S2/c1-25-19-9-4-16(22(28)32-3)14-20(19)33-23(25)24-21(27)15-10-12-26(13-11-15)34(29,30)18-7-5-17(31-2)6-8-18/h4-9,14-15H,10-13H2,1-3H3. The average molecular weight is 504 g/mol.